The van der Waals surface area contributed by atoms with E-state index in [2.05, 4.69) is 35.8 Å². The summed E-state index contributed by atoms with van der Waals surface area (Å²) >= 11 is 5.58. The van der Waals surface area contributed by atoms with E-state index in [0.29, 0.717) is 6.61 Å². The van der Waals surface area contributed by atoms with Crippen molar-refractivity contribution in [3.8, 4) is 11.5 Å². The van der Waals surface area contributed by atoms with Crippen LogP contribution in [0.2, 0.25) is 0 Å². The molecule has 2 atom stereocenters. The number of hydrogen-bond donors (Lipinski definition) is 0. The first kappa shape index (κ1) is 13.0. The van der Waals surface area contributed by atoms with Crippen LogP contribution < -0.4 is 9.47 Å². The third-order valence-corrected chi connectivity index (χ3v) is 5.77. The van der Waals surface area contributed by atoms with Gasteiger partial charge >= 0.3 is 0 Å². The van der Waals surface area contributed by atoms with Crippen LogP contribution in [0.5, 0.6) is 11.5 Å². The van der Waals surface area contributed by atoms with E-state index in [1.807, 2.05) is 35.6 Å². The molecule has 0 spiro atoms. The molecular formula is C15H15BrO2S. The van der Waals surface area contributed by atoms with E-state index in [-0.39, 0.29) is 10.9 Å². The average Bonchev–Trinajstić information content (AvgIpc) is 2.76. The van der Waals surface area contributed by atoms with Gasteiger partial charge in [-0.2, -0.15) is 0 Å². The molecule has 19 heavy (non-hydrogen) atoms. The van der Waals surface area contributed by atoms with Crippen molar-refractivity contribution in [2.75, 3.05) is 6.61 Å². The van der Waals surface area contributed by atoms with Gasteiger partial charge in [0.15, 0.2) is 17.6 Å². The number of benzene rings is 1. The summed E-state index contributed by atoms with van der Waals surface area (Å²) in [5.41, 5.74) is 1.31. The predicted molar refractivity (Wildman–Crippen MR) is 81.8 cm³/mol. The molecule has 100 valence electrons. The van der Waals surface area contributed by atoms with Crippen molar-refractivity contribution in [2.24, 2.45) is 0 Å². The largest absolute Gasteiger partial charge is 0.486 e. The molecule has 0 saturated heterocycles. The third-order valence-electron chi connectivity index (χ3n) is 3.19. The van der Waals surface area contributed by atoms with Gasteiger partial charge in [0.2, 0.25) is 0 Å². The van der Waals surface area contributed by atoms with Gasteiger partial charge in [0.25, 0.3) is 0 Å². The summed E-state index contributed by atoms with van der Waals surface area (Å²) in [5, 5.41) is 0. The predicted octanol–water partition coefficient (Wildman–Crippen LogP) is 4.64. The van der Waals surface area contributed by atoms with Crippen LogP contribution in [0.1, 0.15) is 20.1 Å². The molecule has 1 aliphatic rings. The highest BCUT2D eigenvalue weighted by molar-refractivity contribution is 9.09. The summed E-state index contributed by atoms with van der Waals surface area (Å²) in [6.07, 6.45) is 0.00616. The van der Waals surface area contributed by atoms with Gasteiger partial charge in [-0.1, -0.05) is 28.1 Å². The van der Waals surface area contributed by atoms with Crippen molar-refractivity contribution in [2.45, 2.75) is 24.8 Å². The van der Waals surface area contributed by atoms with Crippen LogP contribution in [-0.2, 0) is 0 Å². The number of fused-ring (bicyclic) bond motifs is 1. The molecular weight excluding hydrogens is 324 g/mol. The zero-order valence-corrected chi connectivity index (χ0v) is 13.3. The van der Waals surface area contributed by atoms with E-state index >= 15 is 0 Å². The second kappa shape index (κ2) is 5.17. The van der Waals surface area contributed by atoms with Crippen molar-refractivity contribution in [3.05, 3.63) is 45.6 Å². The Labute approximate surface area is 125 Å². The number of halogens is 1. The number of alkyl halides is 1. The van der Waals surface area contributed by atoms with E-state index in [4.69, 9.17) is 9.47 Å². The summed E-state index contributed by atoms with van der Waals surface area (Å²) in [5.74, 6) is 1.66. The minimum Gasteiger partial charge on any atom is -0.486 e. The highest BCUT2D eigenvalue weighted by atomic mass is 79.9. The van der Waals surface area contributed by atoms with Crippen LogP contribution in [0.25, 0.3) is 0 Å². The Bertz CT molecular complexity index is 594. The molecule has 0 amide bonds. The van der Waals surface area contributed by atoms with Gasteiger partial charge in [0.1, 0.15) is 6.61 Å². The van der Waals surface area contributed by atoms with Crippen LogP contribution in [0, 0.1) is 13.8 Å². The van der Waals surface area contributed by atoms with E-state index < -0.39 is 0 Å². The van der Waals surface area contributed by atoms with Gasteiger partial charge in [-0.3, -0.25) is 0 Å². The van der Waals surface area contributed by atoms with Crippen LogP contribution in [0.4, 0.5) is 0 Å². The highest BCUT2D eigenvalue weighted by Crippen LogP contribution is 2.40. The second-order valence-corrected chi connectivity index (χ2v) is 6.99. The van der Waals surface area contributed by atoms with E-state index in [1.165, 1.54) is 15.3 Å². The van der Waals surface area contributed by atoms with Gasteiger partial charge in [0, 0.05) is 9.75 Å². The lowest BCUT2D eigenvalue weighted by molar-refractivity contribution is 0.0909. The van der Waals surface area contributed by atoms with E-state index in [0.717, 1.165) is 11.5 Å². The lowest BCUT2D eigenvalue weighted by Gasteiger charge is -2.29. The molecule has 3 rings (SSSR count). The number of ether oxygens (including phenoxy) is 2. The first-order valence-corrected chi connectivity index (χ1v) is 7.98. The zero-order valence-electron chi connectivity index (χ0n) is 10.9. The monoisotopic (exact) mass is 338 g/mol. The Morgan fingerprint density at radius 1 is 1.26 bits per heavy atom. The average molecular weight is 339 g/mol. The van der Waals surface area contributed by atoms with Gasteiger partial charge in [-0.05, 0) is 37.6 Å². The molecule has 2 heterocycles. The lowest BCUT2D eigenvalue weighted by atomic mass is 10.1. The minimum absolute atomic E-state index is 0.00616. The van der Waals surface area contributed by atoms with Gasteiger partial charge in [-0.15, -0.1) is 11.3 Å². The van der Waals surface area contributed by atoms with Crippen molar-refractivity contribution in [3.63, 3.8) is 0 Å². The highest BCUT2D eigenvalue weighted by Gasteiger charge is 2.30. The smallest absolute Gasteiger partial charge is 0.161 e. The maximum Gasteiger partial charge on any atom is 0.161 e. The molecule has 4 heteroatoms. The second-order valence-electron chi connectivity index (χ2n) is 4.72. The normalized spacial score (nSPS) is 19.2. The quantitative estimate of drug-likeness (QED) is 0.742. The van der Waals surface area contributed by atoms with Gasteiger partial charge in [-0.25, -0.2) is 0 Å². The summed E-state index contributed by atoms with van der Waals surface area (Å²) in [7, 11) is 0. The molecule has 0 aliphatic carbocycles. The fraction of sp³-hybridized carbons (Fsp3) is 0.333. The third kappa shape index (κ3) is 2.51. The van der Waals surface area contributed by atoms with E-state index in [9.17, 15) is 0 Å². The molecule has 0 radical (unpaired) electrons. The summed E-state index contributed by atoms with van der Waals surface area (Å²) in [6, 6.07) is 10.0. The number of rotatable bonds is 2. The molecule has 2 unspecified atom stereocenters. The number of thiophene rings is 1. The molecule has 0 fully saturated rings. The Kier molecular flexibility index (Phi) is 3.54. The SMILES string of the molecule is Cc1cc(C)c(C(Br)C2COc3ccccc3O2)s1. The lowest BCUT2D eigenvalue weighted by Crippen LogP contribution is -2.32. The molecule has 2 nitrogen and oxygen atoms in total. The Hall–Kier alpha value is -1.00. The standard InChI is InChI=1S/C15H15BrO2S/c1-9-7-10(2)19-15(9)14(16)13-8-17-11-5-3-4-6-12(11)18-13/h3-7,13-14H,8H2,1-2H3. The molecule has 0 saturated carbocycles. The molecule has 0 bridgehead atoms. The number of hydrogen-bond acceptors (Lipinski definition) is 3. The fourth-order valence-electron chi connectivity index (χ4n) is 2.28. The van der Waals surface area contributed by atoms with Crippen LogP contribution >= 0.6 is 27.3 Å². The number of para-hydroxylation sites is 2. The van der Waals surface area contributed by atoms with E-state index in [1.54, 1.807) is 0 Å². The summed E-state index contributed by atoms with van der Waals surface area (Å²) in [6.45, 7) is 4.85. The van der Waals surface area contributed by atoms with Crippen molar-refractivity contribution < 1.29 is 9.47 Å². The maximum absolute atomic E-state index is 6.05. The first-order valence-electron chi connectivity index (χ1n) is 6.24. The molecule has 0 N–H and O–H groups in total. The van der Waals surface area contributed by atoms with Crippen molar-refractivity contribution in [1.82, 2.24) is 0 Å². The first-order chi connectivity index (χ1) is 9.15. The summed E-state index contributed by atoms with van der Waals surface area (Å²) < 4.78 is 11.8. The Balaban J connectivity index is 1.83. The zero-order chi connectivity index (χ0) is 13.4. The van der Waals surface area contributed by atoms with Crippen molar-refractivity contribution in [1.29, 1.82) is 0 Å². The van der Waals surface area contributed by atoms with Crippen LogP contribution in [0.3, 0.4) is 0 Å². The summed E-state index contributed by atoms with van der Waals surface area (Å²) in [4.78, 5) is 2.82. The molecule has 2 aromatic rings. The molecule has 1 aromatic heterocycles. The van der Waals surface area contributed by atoms with Gasteiger partial charge < -0.3 is 9.47 Å². The number of aryl methyl sites for hydroxylation is 2. The molecule has 1 aliphatic heterocycles. The fourth-order valence-corrected chi connectivity index (χ4v) is 4.25. The molecule has 1 aromatic carbocycles. The Morgan fingerprint density at radius 3 is 2.68 bits per heavy atom. The minimum atomic E-state index is 0.00616. The topological polar surface area (TPSA) is 18.5 Å². The van der Waals surface area contributed by atoms with Crippen molar-refractivity contribution >= 4 is 27.3 Å². The Morgan fingerprint density at radius 2 is 2.00 bits per heavy atom. The van der Waals surface area contributed by atoms with Gasteiger partial charge in [0.05, 0.1) is 4.83 Å². The van der Waals surface area contributed by atoms with Crippen LogP contribution in [0.15, 0.2) is 30.3 Å². The maximum atomic E-state index is 6.05. The van der Waals surface area contributed by atoms with Crippen LogP contribution in [-0.4, -0.2) is 12.7 Å².